The summed E-state index contributed by atoms with van der Waals surface area (Å²) in [4.78, 5) is 3.92. The Labute approximate surface area is 77.2 Å². The van der Waals surface area contributed by atoms with Crippen molar-refractivity contribution < 1.29 is 8.78 Å². The number of hydrogen-bond donors (Lipinski definition) is 1. The van der Waals surface area contributed by atoms with Gasteiger partial charge in [-0.2, -0.15) is 0 Å². The molecule has 0 aromatic carbocycles. The lowest BCUT2D eigenvalue weighted by molar-refractivity contribution is 0.177. The number of nitrogens with zero attached hydrogens (tertiary/aromatic N) is 1. The molecule has 1 rings (SSSR count). The Bertz CT molecular complexity index is 262. The molecule has 0 saturated heterocycles. The van der Waals surface area contributed by atoms with Crippen LogP contribution in [-0.2, 0) is 0 Å². The summed E-state index contributed by atoms with van der Waals surface area (Å²) in [5.41, 5.74) is 6.13. The summed E-state index contributed by atoms with van der Waals surface area (Å²) in [5.74, 6) is -0.192. The minimum absolute atomic E-state index is 0.192. The number of nitrogen functional groups attached to an aromatic ring is 1. The van der Waals surface area contributed by atoms with E-state index in [9.17, 15) is 8.78 Å². The predicted molar refractivity (Wildman–Crippen MR) is 48.0 cm³/mol. The molecule has 0 unspecified atom stereocenters. The lowest BCUT2D eigenvalue weighted by Gasteiger charge is -1.96. The van der Waals surface area contributed by atoms with Crippen molar-refractivity contribution in [3.8, 4) is 0 Å². The first-order chi connectivity index (χ1) is 5.59. The second-order valence-electron chi connectivity index (χ2n) is 2.13. The molecule has 0 spiro atoms. The first-order valence-electron chi connectivity index (χ1n) is 3.23. The summed E-state index contributed by atoms with van der Waals surface area (Å²) >= 11 is 2.35. The zero-order valence-corrected chi connectivity index (χ0v) is 8.01. The Kier molecular flexibility index (Phi) is 3.28. The third kappa shape index (κ3) is 2.60. The second-order valence-corrected chi connectivity index (χ2v) is 4.45. The molecule has 0 atom stereocenters. The standard InChI is InChI=1S/C6H8F2N2S2/c1-3-5(11-2-4(7)8)12-6(9)10-3/h4H,2H2,1H3,(H2,9,10). The van der Waals surface area contributed by atoms with Gasteiger partial charge in [-0.25, -0.2) is 13.8 Å². The summed E-state index contributed by atoms with van der Waals surface area (Å²) in [6.45, 7) is 1.76. The van der Waals surface area contributed by atoms with Crippen molar-refractivity contribution >= 4 is 28.2 Å². The predicted octanol–water partition coefficient (Wildman–Crippen LogP) is 2.39. The van der Waals surface area contributed by atoms with Gasteiger partial charge in [-0.05, 0) is 6.92 Å². The molecule has 2 nitrogen and oxygen atoms in total. The maximum atomic E-state index is 11.8. The van der Waals surface area contributed by atoms with E-state index >= 15 is 0 Å². The fourth-order valence-electron chi connectivity index (χ4n) is 0.675. The van der Waals surface area contributed by atoms with Gasteiger partial charge < -0.3 is 5.73 Å². The van der Waals surface area contributed by atoms with Crippen LogP contribution in [0.3, 0.4) is 0 Å². The van der Waals surface area contributed by atoms with Gasteiger partial charge in [0.1, 0.15) is 0 Å². The highest BCUT2D eigenvalue weighted by molar-refractivity contribution is 8.01. The monoisotopic (exact) mass is 210 g/mol. The van der Waals surface area contributed by atoms with Crippen LogP contribution in [0.5, 0.6) is 0 Å². The van der Waals surface area contributed by atoms with E-state index in [4.69, 9.17) is 5.73 Å². The summed E-state index contributed by atoms with van der Waals surface area (Å²) in [6, 6.07) is 0. The summed E-state index contributed by atoms with van der Waals surface area (Å²) in [5, 5.41) is 0.435. The van der Waals surface area contributed by atoms with Crippen LogP contribution in [-0.4, -0.2) is 17.2 Å². The Hall–Kier alpha value is -0.360. The van der Waals surface area contributed by atoms with Gasteiger partial charge in [-0.1, -0.05) is 11.3 Å². The molecule has 0 aliphatic heterocycles. The molecule has 0 amide bonds. The Morgan fingerprint density at radius 2 is 2.33 bits per heavy atom. The summed E-state index contributed by atoms with van der Waals surface area (Å²) in [6.07, 6.45) is -2.28. The molecule has 1 aromatic rings. The van der Waals surface area contributed by atoms with Gasteiger partial charge in [0.05, 0.1) is 15.7 Å². The molecule has 0 bridgehead atoms. The molecular weight excluding hydrogens is 202 g/mol. The quantitative estimate of drug-likeness (QED) is 0.778. The van der Waals surface area contributed by atoms with E-state index in [2.05, 4.69) is 4.98 Å². The van der Waals surface area contributed by atoms with Crippen LogP contribution in [0.25, 0.3) is 0 Å². The number of aryl methyl sites for hydroxylation is 1. The molecule has 1 aromatic heterocycles. The molecule has 0 radical (unpaired) electrons. The van der Waals surface area contributed by atoms with Crippen LogP contribution < -0.4 is 5.73 Å². The van der Waals surface area contributed by atoms with Crippen molar-refractivity contribution in [2.24, 2.45) is 0 Å². The van der Waals surface area contributed by atoms with Gasteiger partial charge in [0.25, 0.3) is 0 Å². The zero-order valence-electron chi connectivity index (χ0n) is 6.38. The highest BCUT2D eigenvalue weighted by Gasteiger charge is 2.09. The molecule has 6 heteroatoms. The highest BCUT2D eigenvalue weighted by atomic mass is 32.2. The van der Waals surface area contributed by atoms with Crippen molar-refractivity contribution in [2.45, 2.75) is 17.6 Å². The van der Waals surface area contributed by atoms with Gasteiger partial charge in [-0.3, -0.25) is 0 Å². The highest BCUT2D eigenvalue weighted by Crippen LogP contribution is 2.31. The van der Waals surface area contributed by atoms with Crippen molar-refractivity contribution in [3.63, 3.8) is 0 Å². The number of halogens is 2. The van der Waals surface area contributed by atoms with Crippen molar-refractivity contribution in [1.29, 1.82) is 0 Å². The van der Waals surface area contributed by atoms with E-state index in [-0.39, 0.29) is 5.75 Å². The molecule has 0 fully saturated rings. The van der Waals surface area contributed by atoms with E-state index in [0.717, 1.165) is 21.7 Å². The molecule has 12 heavy (non-hydrogen) atoms. The second kappa shape index (κ2) is 4.04. The minimum atomic E-state index is -2.28. The third-order valence-corrected chi connectivity index (χ3v) is 3.47. The van der Waals surface area contributed by atoms with Crippen LogP contribution >= 0.6 is 23.1 Å². The van der Waals surface area contributed by atoms with Gasteiger partial charge in [0.15, 0.2) is 5.13 Å². The van der Waals surface area contributed by atoms with Crippen molar-refractivity contribution in [3.05, 3.63) is 5.69 Å². The number of alkyl halides is 2. The average Bonchev–Trinajstić information content (AvgIpc) is 2.26. The van der Waals surface area contributed by atoms with E-state index in [0.29, 0.717) is 5.13 Å². The first-order valence-corrected chi connectivity index (χ1v) is 5.03. The van der Waals surface area contributed by atoms with E-state index < -0.39 is 6.43 Å². The number of aromatic nitrogens is 1. The SMILES string of the molecule is Cc1nc(N)sc1SCC(F)F. The lowest BCUT2D eigenvalue weighted by Crippen LogP contribution is -1.92. The van der Waals surface area contributed by atoms with Crippen molar-refractivity contribution in [1.82, 2.24) is 4.98 Å². The Balaban J connectivity index is 2.57. The van der Waals surface area contributed by atoms with Crippen molar-refractivity contribution in [2.75, 3.05) is 11.5 Å². The molecule has 0 aliphatic rings. The molecular formula is C6H8F2N2S2. The maximum Gasteiger partial charge on any atom is 0.247 e. The number of nitrogens with two attached hydrogens (primary N) is 1. The largest absolute Gasteiger partial charge is 0.375 e. The summed E-state index contributed by atoms with van der Waals surface area (Å²) < 4.78 is 24.4. The topological polar surface area (TPSA) is 38.9 Å². The maximum absolute atomic E-state index is 11.8. The Morgan fingerprint density at radius 1 is 1.67 bits per heavy atom. The third-order valence-electron chi connectivity index (χ3n) is 1.11. The van der Waals surface area contributed by atoms with Gasteiger partial charge in [0, 0.05) is 0 Å². The van der Waals surface area contributed by atoms with E-state index in [1.54, 1.807) is 6.92 Å². The molecule has 0 saturated carbocycles. The number of rotatable bonds is 3. The van der Waals surface area contributed by atoms with Crippen LogP contribution in [0, 0.1) is 6.92 Å². The van der Waals surface area contributed by atoms with Crippen LogP contribution in [0.4, 0.5) is 13.9 Å². The summed E-state index contributed by atoms with van der Waals surface area (Å²) in [7, 11) is 0. The smallest absolute Gasteiger partial charge is 0.247 e. The molecule has 1 heterocycles. The number of thioether (sulfide) groups is 1. The number of anilines is 1. The average molecular weight is 210 g/mol. The minimum Gasteiger partial charge on any atom is -0.375 e. The Morgan fingerprint density at radius 3 is 2.75 bits per heavy atom. The molecule has 2 N–H and O–H groups in total. The van der Waals surface area contributed by atoms with Gasteiger partial charge >= 0.3 is 0 Å². The lowest BCUT2D eigenvalue weighted by atomic mass is 10.6. The first kappa shape index (κ1) is 9.73. The van der Waals surface area contributed by atoms with Crippen LogP contribution in [0.15, 0.2) is 4.21 Å². The fraction of sp³-hybridized carbons (Fsp3) is 0.500. The van der Waals surface area contributed by atoms with Gasteiger partial charge in [-0.15, -0.1) is 11.8 Å². The van der Waals surface area contributed by atoms with Crippen LogP contribution in [0.2, 0.25) is 0 Å². The number of thiazole rings is 1. The zero-order chi connectivity index (χ0) is 9.14. The van der Waals surface area contributed by atoms with Crippen LogP contribution in [0.1, 0.15) is 5.69 Å². The normalized spacial score (nSPS) is 11.0. The fourth-order valence-corrected chi connectivity index (χ4v) is 2.47. The molecule has 68 valence electrons. The number of hydrogen-bond acceptors (Lipinski definition) is 4. The van der Waals surface area contributed by atoms with E-state index in [1.165, 1.54) is 11.3 Å². The van der Waals surface area contributed by atoms with Gasteiger partial charge in [0.2, 0.25) is 6.43 Å². The van der Waals surface area contributed by atoms with E-state index in [1.807, 2.05) is 0 Å². The molecule has 0 aliphatic carbocycles.